The Kier molecular flexibility index (Phi) is 8.18. The molecule has 30 heavy (non-hydrogen) atoms. The Morgan fingerprint density at radius 2 is 1.97 bits per heavy atom. The van der Waals surface area contributed by atoms with Gasteiger partial charge < -0.3 is 24.6 Å². The second kappa shape index (κ2) is 11.3. The number of piperazine rings is 1. The number of aryl methyl sites for hydroxylation is 1. The summed E-state index contributed by atoms with van der Waals surface area (Å²) in [7, 11) is 3.52. The molecule has 1 aromatic carbocycles. The zero-order valence-electron chi connectivity index (χ0n) is 18.3. The number of rotatable bonds is 8. The van der Waals surface area contributed by atoms with Crippen LogP contribution in [-0.4, -0.2) is 69.3 Å². The van der Waals surface area contributed by atoms with Crippen LogP contribution in [0.3, 0.4) is 0 Å². The third-order valence-electron chi connectivity index (χ3n) is 5.22. The third-order valence-corrected chi connectivity index (χ3v) is 5.22. The van der Waals surface area contributed by atoms with Crippen molar-refractivity contribution in [3.05, 3.63) is 48.2 Å². The van der Waals surface area contributed by atoms with Gasteiger partial charge in [-0.25, -0.2) is 4.98 Å². The number of aliphatic imine (C=N–C) groups is 1. The molecule has 0 amide bonds. The van der Waals surface area contributed by atoms with Gasteiger partial charge in [-0.2, -0.15) is 0 Å². The van der Waals surface area contributed by atoms with Gasteiger partial charge in [0, 0.05) is 46.0 Å². The van der Waals surface area contributed by atoms with E-state index in [1.165, 1.54) is 5.56 Å². The summed E-state index contributed by atoms with van der Waals surface area (Å²) in [5, 5.41) is 3.51. The molecule has 0 aliphatic carbocycles. The van der Waals surface area contributed by atoms with Gasteiger partial charge in [-0.3, -0.25) is 4.99 Å². The number of benzene rings is 1. The van der Waals surface area contributed by atoms with E-state index in [1.54, 1.807) is 7.11 Å². The minimum atomic E-state index is 0.630. The number of nitrogens with zero attached hydrogens (tertiary/aromatic N) is 4. The van der Waals surface area contributed by atoms with E-state index in [0.717, 1.165) is 68.8 Å². The molecule has 1 saturated heterocycles. The molecule has 7 nitrogen and oxygen atoms in total. The number of ether oxygens (including phenoxy) is 2. The smallest absolute Gasteiger partial charge is 0.193 e. The molecule has 0 bridgehead atoms. The minimum Gasteiger partial charge on any atom is -0.493 e. The maximum absolute atomic E-state index is 5.68. The van der Waals surface area contributed by atoms with Crippen LogP contribution in [0.25, 0.3) is 0 Å². The summed E-state index contributed by atoms with van der Waals surface area (Å²) in [5.41, 5.74) is 1.25. The lowest BCUT2D eigenvalue weighted by molar-refractivity contribution is 0.310. The van der Waals surface area contributed by atoms with Gasteiger partial charge in [0.15, 0.2) is 17.5 Å². The first-order valence-electron chi connectivity index (χ1n) is 10.7. The second-order valence-corrected chi connectivity index (χ2v) is 7.16. The van der Waals surface area contributed by atoms with E-state index in [9.17, 15) is 0 Å². The van der Waals surface area contributed by atoms with Crippen LogP contribution >= 0.6 is 0 Å². The quantitative estimate of drug-likeness (QED) is 0.409. The van der Waals surface area contributed by atoms with Crippen molar-refractivity contribution < 1.29 is 9.47 Å². The summed E-state index contributed by atoms with van der Waals surface area (Å²) < 4.78 is 11.0. The van der Waals surface area contributed by atoms with Gasteiger partial charge in [0.25, 0.3) is 0 Å². The predicted molar refractivity (Wildman–Crippen MR) is 122 cm³/mol. The topological polar surface area (TPSA) is 62.2 Å². The van der Waals surface area contributed by atoms with E-state index in [0.29, 0.717) is 6.61 Å². The van der Waals surface area contributed by atoms with Crippen LogP contribution in [0.15, 0.2) is 47.6 Å². The molecule has 0 unspecified atom stereocenters. The van der Waals surface area contributed by atoms with Gasteiger partial charge in [0.2, 0.25) is 0 Å². The van der Waals surface area contributed by atoms with Crippen molar-refractivity contribution in [3.8, 4) is 11.5 Å². The van der Waals surface area contributed by atoms with Crippen molar-refractivity contribution in [2.75, 3.05) is 58.4 Å². The Balaban J connectivity index is 1.44. The molecule has 1 aliphatic heterocycles. The van der Waals surface area contributed by atoms with Crippen molar-refractivity contribution in [2.24, 2.45) is 4.99 Å². The predicted octanol–water partition coefficient (Wildman–Crippen LogP) is 2.82. The maximum Gasteiger partial charge on any atom is 0.193 e. The Morgan fingerprint density at radius 3 is 2.63 bits per heavy atom. The molecular formula is C23H33N5O2. The van der Waals surface area contributed by atoms with E-state index < -0.39 is 0 Å². The zero-order chi connectivity index (χ0) is 21.2. The van der Waals surface area contributed by atoms with E-state index in [-0.39, 0.29) is 0 Å². The number of hydrogen-bond acceptors (Lipinski definition) is 5. The number of guanidine groups is 1. The number of nitrogens with one attached hydrogen (secondary N) is 1. The van der Waals surface area contributed by atoms with Gasteiger partial charge in [-0.1, -0.05) is 12.1 Å². The number of methoxy groups -OCH3 is 1. The Hall–Kier alpha value is -2.96. The molecule has 0 saturated carbocycles. The Labute approximate surface area is 179 Å². The summed E-state index contributed by atoms with van der Waals surface area (Å²) in [6.07, 6.45) is 3.84. The summed E-state index contributed by atoms with van der Waals surface area (Å²) in [6.45, 7) is 7.26. The first-order chi connectivity index (χ1) is 14.7. The van der Waals surface area contributed by atoms with Crippen molar-refractivity contribution in [3.63, 3.8) is 0 Å². The monoisotopic (exact) mass is 411 g/mol. The molecule has 2 heterocycles. The van der Waals surface area contributed by atoms with Gasteiger partial charge in [-0.15, -0.1) is 0 Å². The van der Waals surface area contributed by atoms with E-state index in [2.05, 4.69) is 43.3 Å². The normalized spacial score (nSPS) is 14.6. The average molecular weight is 412 g/mol. The van der Waals surface area contributed by atoms with E-state index in [4.69, 9.17) is 9.47 Å². The van der Waals surface area contributed by atoms with Crippen LogP contribution in [0.4, 0.5) is 5.82 Å². The third kappa shape index (κ3) is 5.78. The van der Waals surface area contributed by atoms with Crippen molar-refractivity contribution in [1.29, 1.82) is 0 Å². The highest BCUT2D eigenvalue weighted by Gasteiger charge is 2.20. The highest BCUT2D eigenvalue weighted by molar-refractivity contribution is 5.80. The molecule has 1 N–H and O–H groups in total. The van der Waals surface area contributed by atoms with Gasteiger partial charge >= 0.3 is 0 Å². The molecule has 0 radical (unpaired) electrons. The molecule has 1 fully saturated rings. The summed E-state index contributed by atoms with van der Waals surface area (Å²) in [4.78, 5) is 13.6. The molecular weight excluding hydrogens is 378 g/mol. The lowest BCUT2D eigenvalue weighted by Gasteiger charge is -2.37. The van der Waals surface area contributed by atoms with E-state index >= 15 is 0 Å². The van der Waals surface area contributed by atoms with Gasteiger partial charge in [0.05, 0.1) is 13.7 Å². The van der Waals surface area contributed by atoms with Crippen LogP contribution in [0, 0.1) is 0 Å². The van der Waals surface area contributed by atoms with Crippen LogP contribution in [-0.2, 0) is 6.42 Å². The first-order valence-corrected chi connectivity index (χ1v) is 10.7. The van der Waals surface area contributed by atoms with Crippen molar-refractivity contribution in [1.82, 2.24) is 15.2 Å². The zero-order valence-corrected chi connectivity index (χ0v) is 18.3. The fourth-order valence-corrected chi connectivity index (χ4v) is 3.66. The standard InChI is InChI=1S/C23H33N5O2/c1-4-30-21-18-19(10-11-20(21)29-3)8-7-13-26-23(24-2)28-16-14-27(15-17-28)22-9-5-6-12-25-22/h5-6,9-12,18H,4,7-8,13-17H2,1-3H3,(H,24,26). The molecule has 0 spiro atoms. The number of hydrogen-bond donors (Lipinski definition) is 1. The molecule has 2 aromatic rings. The lowest BCUT2D eigenvalue weighted by Crippen LogP contribution is -2.52. The molecule has 0 atom stereocenters. The van der Waals surface area contributed by atoms with Crippen molar-refractivity contribution in [2.45, 2.75) is 19.8 Å². The van der Waals surface area contributed by atoms with E-state index in [1.807, 2.05) is 38.4 Å². The fraction of sp³-hybridized carbons (Fsp3) is 0.478. The number of aromatic nitrogens is 1. The highest BCUT2D eigenvalue weighted by Crippen LogP contribution is 2.28. The maximum atomic E-state index is 5.68. The Morgan fingerprint density at radius 1 is 1.13 bits per heavy atom. The largest absolute Gasteiger partial charge is 0.493 e. The summed E-state index contributed by atoms with van der Waals surface area (Å²) >= 11 is 0. The van der Waals surface area contributed by atoms with Crippen molar-refractivity contribution >= 4 is 11.8 Å². The van der Waals surface area contributed by atoms with Crippen LogP contribution < -0.4 is 19.7 Å². The number of anilines is 1. The second-order valence-electron chi connectivity index (χ2n) is 7.16. The summed E-state index contributed by atoms with van der Waals surface area (Å²) in [5.74, 6) is 3.61. The Bertz CT molecular complexity index is 804. The number of pyridine rings is 1. The molecule has 1 aromatic heterocycles. The lowest BCUT2D eigenvalue weighted by atomic mass is 10.1. The van der Waals surface area contributed by atoms with Gasteiger partial charge in [0.1, 0.15) is 5.82 Å². The minimum absolute atomic E-state index is 0.630. The highest BCUT2D eigenvalue weighted by atomic mass is 16.5. The SMILES string of the molecule is CCOc1cc(CCCNC(=NC)N2CCN(c3ccccn3)CC2)ccc1OC. The van der Waals surface area contributed by atoms with Crippen LogP contribution in [0.1, 0.15) is 18.9 Å². The van der Waals surface area contributed by atoms with Crippen LogP contribution in [0.5, 0.6) is 11.5 Å². The molecule has 1 aliphatic rings. The fourth-order valence-electron chi connectivity index (χ4n) is 3.66. The molecule has 162 valence electrons. The average Bonchev–Trinajstić information content (AvgIpc) is 2.80. The van der Waals surface area contributed by atoms with Gasteiger partial charge in [-0.05, 0) is 49.6 Å². The molecule has 3 rings (SSSR count). The van der Waals surface area contributed by atoms with Crippen LogP contribution in [0.2, 0.25) is 0 Å². The first kappa shape index (κ1) is 21.7. The molecule has 7 heteroatoms. The summed E-state index contributed by atoms with van der Waals surface area (Å²) in [6, 6.07) is 12.2.